The monoisotopic (exact) mass is 499 g/mol. The van der Waals surface area contributed by atoms with Crippen LogP contribution in [0, 0.1) is 5.82 Å². The van der Waals surface area contributed by atoms with Crippen LogP contribution in [0.1, 0.15) is 25.7 Å². The van der Waals surface area contributed by atoms with E-state index >= 15 is 0 Å². The molecule has 1 amide bonds. The minimum Gasteiger partial charge on any atom is -0.495 e. The van der Waals surface area contributed by atoms with Crippen molar-refractivity contribution in [3.05, 3.63) is 48.3 Å². The molecule has 0 atom stereocenters. The molecular formula is C21H26FN3O6S2. The zero-order valence-electron chi connectivity index (χ0n) is 18.1. The number of carbonyl (C=O) groups excluding carboxylic acids is 1. The van der Waals surface area contributed by atoms with Crippen LogP contribution in [0.2, 0.25) is 0 Å². The van der Waals surface area contributed by atoms with Gasteiger partial charge in [0.2, 0.25) is 26.0 Å². The summed E-state index contributed by atoms with van der Waals surface area (Å²) < 4.78 is 72.4. The molecule has 33 heavy (non-hydrogen) atoms. The minimum atomic E-state index is -3.89. The Bertz CT molecular complexity index is 1200. The largest absolute Gasteiger partial charge is 0.495 e. The summed E-state index contributed by atoms with van der Waals surface area (Å²) in [7, 11) is -6.31. The van der Waals surface area contributed by atoms with Gasteiger partial charge in [0.25, 0.3) is 0 Å². The van der Waals surface area contributed by atoms with Gasteiger partial charge in [0, 0.05) is 31.7 Å². The molecule has 1 saturated heterocycles. The van der Waals surface area contributed by atoms with Crippen molar-refractivity contribution >= 4 is 31.6 Å². The third-order valence-electron chi connectivity index (χ3n) is 5.15. The van der Waals surface area contributed by atoms with E-state index in [2.05, 4.69) is 10.0 Å². The first-order valence-electron chi connectivity index (χ1n) is 10.4. The molecule has 1 aliphatic heterocycles. The van der Waals surface area contributed by atoms with Gasteiger partial charge in [-0.1, -0.05) is 6.42 Å². The lowest BCUT2D eigenvalue weighted by Gasteiger charge is -2.26. The lowest BCUT2D eigenvalue weighted by molar-refractivity contribution is -0.116. The van der Waals surface area contributed by atoms with Gasteiger partial charge in [-0.3, -0.25) is 4.79 Å². The second kappa shape index (κ2) is 10.6. The van der Waals surface area contributed by atoms with Gasteiger partial charge >= 0.3 is 0 Å². The molecule has 0 saturated carbocycles. The quantitative estimate of drug-likeness (QED) is 0.546. The second-order valence-electron chi connectivity index (χ2n) is 7.48. The van der Waals surface area contributed by atoms with Gasteiger partial charge in [0.15, 0.2) is 0 Å². The van der Waals surface area contributed by atoms with E-state index in [9.17, 15) is 26.0 Å². The molecule has 12 heteroatoms. The average Bonchev–Trinajstić information content (AvgIpc) is 2.79. The lowest BCUT2D eigenvalue weighted by Crippen LogP contribution is -2.35. The number of hydrogen-bond donors (Lipinski definition) is 2. The van der Waals surface area contributed by atoms with Crippen LogP contribution in [0.15, 0.2) is 52.3 Å². The van der Waals surface area contributed by atoms with Crippen LogP contribution in [0.5, 0.6) is 5.75 Å². The highest BCUT2D eigenvalue weighted by molar-refractivity contribution is 7.89. The molecular weight excluding hydrogens is 473 g/mol. The van der Waals surface area contributed by atoms with E-state index < -0.39 is 31.8 Å². The number of methoxy groups -OCH3 is 1. The highest BCUT2D eigenvalue weighted by atomic mass is 32.2. The summed E-state index contributed by atoms with van der Waals surface area (Å²) in [6.45, 7) is 0.660. The number of anilines is 1. The number of sulfonamides is 2. The van der Waals surface area contributed by atoms with Crippen molar-refractivity contribution in [2.45, 2.75) is 35.5 Å². The van der Waals surface area contributed by atoms with Crippen molar-refractivity contribution in [1.82, 2.24) is 9.03 Å². The van der Waals surface area contributed by atoms with Crippen LogP contribution >= 0.6 is 0 Å². The molecule has 1 aliphatic rings. The molecule has 0 spiro atoms. The van der Waals surface area contributed by atoms with E-state index in [-0.39, 0.29) is 34.2 Å². The first-order valence-corrected chi connectivity index (χ1v) is 13.3. The van der Waals surface area contributed by atoms with Crippen molar-refractivity contribution in [1.29, 1.82) is 0 Å². The predicted molar refractivity (Wildman–Crippen MR) is 120 cm³/mol. The fourth-order valence-electron chi connectivity index (χ4n) is 3.42. The van der Waals surface area contributed by atoms with Crippen LogP contribution < -0.4 is 14.8 Å². The Morgan fingerprint density at radius 3 is 2.33 bits per heavy atom. The minimum absolute atomic E-state index is 0.0401. The number of nitrogens with one attached hydrogen (secondary N) is 2. The van der Waals surface area contributed by atoms with Gasteiger partial charge in [-0.25, -0.2) is 25.9 Å². The maximum atomic E-state index is 13.1. The van der Waals surface area contributed by atoms with Crippen molar-refractivity contribution < 1.29 is 30.8 Å². The van der Waals surface area contributed by atoms with Crippen LogP contribution in [0.4, 0.5) is 10.1 Å². The molecule has 2 aromatic rings. The van der Waals surface area contributed by atoms with E-state index in [0.29, 0.717) is 13.1 Å². The maximum Gasteiger partial charge on any atom is 0.246 e. The first kappa shape index (κ1) is 25.1. The molecule has 0 bridgehead atoms. The highest BCUT2D eigenvalue weighted by Gasteiger charge is 2.29. The fourth-order valence-corrected chi connectivity index (χ4v) is 6.15. The van der Waals surface area contributed by atoms with Gasteiger partial charge in [-0.2, -0.15) is 4.31 Å². The number of nitrogens with zero attached hydrogens (tertiary/aromatic N) is 1. The Morgan fingerprint density at radius 2 is 1.70 bits per heavy atom. The fraction of sp³-hybridized carbons (Fsp3) is 0.381. The molecule has 3 rings (SSSR count). The maximum absolute atomic E-state index is 13.1. The normalized spacial score (nSPS) is 15.2. The summed E-state index contributed by atoms with van der Waals surface area (Å²) in [6, 6.07) is 8.61. The van der Waals surface area contributed by atoms with Crippen LogP contribution in [-0.2, 0) is 24.8 Å². The number of piperidine rings is 1. The van der Waals surface area contributed by atoms with Gasteiger partial charge in [0.1, 0.15) is 16.5 Å². The number of amides is 1. The summed E-state index contributed by atoms with van der Waals surface area (Å²) in [4.78, 5) is 12.2. The molecule has 1 fully saturated rings. The molecule has 0 aromatic heterocycles. The SMILES string of the molecule is COc1ccc(NC(=O)CCNS(=O)(=O)c2ccc(F)cc2)cc1S(=O)(=O)N1CCCCC1. The number of benzene rings is 2. The smallest absolute Gasteiger partial charge is 0.246 e. The molecule has 1 heterocycles. The summed E-state index contributed by atoms with van der Waals surface area (Å²) in [5, 5.41) is 2.58. The van der Waals surface area contributed by atoms with E-state index in [1.165, 1.54) is 29.6 Å². The van der Waals surface area contributed by atoms with E-state index in [1.54, 1.807) is 0 Å². The lowest BCUT2D eigenvalue weighted by atomic mass is 10.2. The molecule has 9 nitrogen and oxygen atoms in total. The number of rotatable bonds is 9. The Hall–Kier alpha value is -2.54. The first-order chi connectivity index (χ1) is 15.6. The predicted octanol–water partition coefficient (Wildman–Crippen LogP) is 2.32. The van der Waals surface area contributed by atoms with Gasteiger partial charge < -0.3 is 10.1 Å². The number of hydrogen-bond acceptors (Lipinski definition) is 6. The summed E-state index contributed by atoms with van der Waals surface area (Å²) in [5.41, 5.74) is 0.248. The Kier molecular flexibility index (Phi) is 8.05. The third-order valence-corrected chi connectivity index (χ3v) is 8.55. The summed E-state index contributed by atoms with van der Waals surface area (Å²) in [6.07, 6.45) is 2.35. The van der Waals surface area contributed by atoms with Gasteiger partial charge in [-0.15, -0.1) is 0 Å². The number of carbonyl (C=O) groups is 1. The second-order valence-corrected chi connectivity index (χ2v) is 11.2. The molecule has 2 aromatic carbocycles. The van der Waals surface area contributed by atoms with Crippen molar-refractivity contribution in [3.63, 3.8) is 0 Å². The van der Waals surface area contributed by atoms with Crippen LogP contribution in [-0.4, -0.2) is 53.8 Å². The topological polar surface area (TPSA) is 122 Å². The van der Waals surface area contributed by atoms with Crippen molar-refractivity contribution in [2.75, 3.05) is 32.1 Å². The zero-order chi connectivity index (χ0) is 24.1. The van der Waals surface area contributed by atoms with Gasteiger partial charge in [0.05, 0.1) is 12.0 Å². The molecule has 0 radical (unpaired) electrons. The van der Waals surface area contributed by atoms with Gasteiger partial charge in [-0.05, 0) is 55.3 Å². The molecule has 180 valence electrons. The van der Waals surface area contributed by atoms with E-state index in [1.807, 2.05) is 0 Å². The number of halogens is 1. The molecule has 2 N–H and O–H groups in total. The van der Waals surface area contributed by atoms with E-state index in [4.69, 9.17) is 4.74 Å². The third kappa shape index (κ3) is 6.28. The standard InChI is InChI=1S/C21H26FN3O6S2/c1-31-19-10-7-17(15-20(19)33(29,30)25-13-3-2-4-14-25)24-21(26)11-12-23-32(27,28)18-8-5-16(22)6-9-18/h5-10,15,23H,2-4,11-14H2,1H3,(H,24,26). The van der Waals surface area contributed by atoms with Crippen molar-refractivity contribution in [3.8, 4) is 5.75 Å². The van der Waals surface area contributed by atoms with E-state index in [0.717, 1.165) is 43.5 Å². The average molecular weight is 500 g/mol. The van der Waals surface area contributed by atoms with Crippen LogP contribution in [0.25, 0.3) is 0 Å². The van der Waals surface area contributed by atoms with Crippen molar-refractivity contribution in [2.24, 2.45) is 0 Å². The molecule has 0 aliphatic carbocycles. The van der Waals surface area contributed by atoms with Crippen LogP contribution in [0.3, 0.4) is 0 Å². The number of ether oxygens (including phenoxy) is 1. The Balaban J connectivity index is 1.65. The summed E-state index contributed by atoms with van der Waals surface area (Å²) >= 11 is 0. The molecule has 0 unspecified atom stereocenters. The Labute approximate surface area is 193 Å². The highest BCUT2D eigenvalue weighted by Crippen LogP contribution is 2.31. The Morgan fingerprint density at radius 1 is 1.03 bits per heavy atom. The zero-order valence-corrected chi connectivity index (χ0v) is 19.7. The summed E-state index contributed by atoms with van der Waals surface area (Å²) in [5.74, 6) is -0.900.